The number of benzene rings is 2. The summed E-state index contributed by atoms with van der Waals surface area (Å²) in [7, 11) is 4.74. The highest BCUT2D eigenvalue weighted by atomic mass is 32.1. The van der Waals surface area contributed by atoms with Crippen LogP contribution in [0.5, 0.6) is 17.2 Å². The molecular weight excluding hydrogens is 430 g/mol. The molecule has 0 radical (unpaired) electrons. The van der Waals surface area contributed by atoms with Crippen molar-refractivity contribution in [2.75, 3.05) is 38.1 Å². The first-order valence-corrected chi connectivity index (χ1v) is 10.8. The van der Waals surface area contributed by atoms with Gasteiger partial charge >= 0.3 is 0 Å². The molecule has 3 aromatic rings. The van der Waals surface area contributed by atoms with Crippen molar-refractivity contribution in [3.8, 4) is 28.5 Å². The highest BCUT2D eigenvalue weighted by Crippen LogP contribution is 2.36. The molecule has 1 atom stereocenters. The van der Waals surface area contributed by atoms with Crippen LogP contribution in [-0.2, 0) is 9.59 Å². The number of thiazole rings is 1. The zero-order valence-corrected chi connectivity index (χ0v) is 18.8. The van der Waals surface area contributed by atoms with E-state index in [4.69, 9.17) is 14.2 Å². The molecule has 1 N–H and O–H groups in total. The number of methoxy groups -OCH3 is 3. The van der Waals surface area contributed by atoms with E-state index in [0.29, 0.717) is 33.8 Å². The number of hydrogen-bond acceptors (Lipinski definition) is 7. The molecule has 32 heavy (non-hydrogen) atoms. The zero-order chi connectivity index (χ0) is 22.7. The van der Waals surface area contributed by atoms with Gasteiger partial charge < -0.3 is 24.4 Å². The van der Waals surface area contributed by atoms with Crippen LogP contribution in [0.1, 0.15) is 6.42 Å². The lowest BCUT2D eigenvalue weighted by molar-refractivity contribution is -0.122. The monoisotopic (exact) mass is 453 g/mol. The molecule has 0 bridgehead atoms. The van der Waals surface area contributed by atoms with E-state index >= 15 is 0 Å². The van der Waals surface area contributed by atoms with Gasteiger partial charge in [-0.2, -0.15) is 0 Å². The van der Waals surface area contributed by atoms with Crippen LogP contribution >= 0.6 is 11.3 Å². The van der Waals surface area contributed by atoms with Gasteiger partial charge in [-0.15, -0.1) is 11.3 Å². The first kappa shape index (κ1) is 21.6. The van der Waals surface area contributed by atoms with Crippen LogP contribution in [0.4, 0.5) is 10.8 Å². The molecule has 1 saturated heterocycles. The minimum atomic E-state index is -0.480. The summed E-state index contributed by atoms with van der Waals surface area (Å²) in [5, 5.41) is 5.15. The second kappa shape index (κ2) is 9.27. The predicted molar refractivity (Wildman–Crippen MR) is 123 cm³/mol. The number of ether oxygens (including phenoxy) is 3. The Morgan fingerprint density at radius 1 is 1.09 bits per heavy atom. The summed E-state index contributed by atoms with van der Waals surface area (Å²) in [5.41, 5.74) is 2.10. The summed E-state index contributed by atoms with van der Waals surface area (Å²) >= 11 is 1.31. The number of nitrogens with zero attached hydrogens (tertiary/aromatic N) is 2. The number of anilines is 2. The number of rotatable bonds is 7. The highest BCUT2D eigenvalue weighted by molar-refractivity contribution is 7.14. The molecule has 8 nitrogen and oxygen atoms in total. The van der Waals surface area contributed by atoms with Gasteiger partial charge in [0.25, 0.3) is 0 Å². The van der Waals surface area contributed by atoms with Crippen molar-refractivity contribution >= 4 is 34.0 Å². The lowest BCUT2D eigenvalue weighted by Gasteiger charge is -2.19. The Hall–Kier alpha value is -3.59. The number of carbonyl (C=O) groups excluding carboxylic acids is 2. The van der Waals surface area contributed by atoms with Crippen molar-refractivity contribution in [2.24, 2.45) is 5.92 Å². The van der Waals surface area contributed by atoms with Gasteiger partial charge in [-0.3, -0.25) is 9.59 Å². The van der Waals surface area contributed by atoms with Crippen LogP contribution in [0.15, 0.2) is 47.8 Å². The number of nitrogens with one attached hydrogen (secondary N) is 1. The van der Waals surface area contributed by atoms with E-state index in [1.807, 2.05) is 41.8 Å². The fraction of sp³-hybridized carbons (Fsp3) is 0.261. The van der Waals surface area contributed by atoms with Crippen molar-refractivity contribution in [1.82, 2.24) is 4.98 Å². The molecule has 1 fully saturated rings. The molecule has 166 valence electrons. The minimum Gasteiger partial charge on any atom is -0.497 e. The minimum absolute atomic E-state index is 0.115. The van der Waals surface area contributed by atoms with Gasteiger partial charge in [0.2, 0.25) is 11.8 Å². The molecule has 0 spiro atoms. The third kappa shape index (κ3) is 4.24. The number of hydrogen-bond donors (Lipinski definition) is 1. The Balaban J connectivity index is 1.48. The first-order chi connectivity index (χ1) is 15.5. The van der Waals surface area contributed by atoms with Gasteiger partial charge in [0.1, 0.15) is 17.2 Å². The summed E-state index contributed by atoms with van der Waals surface area (Å²) in [6.07, 6.45) is 0.131. The quantitative estimate of drug-likeness (QED) is 0.585. The predicted octanol–water partition coefficient (Wildman–Crippen LogP) is 3.83. The molecule has 2 heterocycles. The number of carbonyl (C=O) groups is 2. The van der Waals surface area contributed by atoms with Crippen molar-refractivity contribution in [3.05, 3.63) is 47.8 Å². The van der Waals surface area contributed by atoms with E-state index in [1.54, 1.807) is 32.3 Å². The molecule has 0 saturated carbocycles. The van der Waals surface area contributed by atoms with Crippen LogP contribution < -0.4 is 24.4 Å². The van der Waals surface area contributed by atoms with Gasteiger partial charge in [-0.1, -0.05) is 12.1 Å². The lowest BCUT2D eigenvalue weighted by Crippen LogP contribution is -2.28. The van der Waals surface area contributed by atoms with E-state index in [1.165, 1.54) is 11.3 Å². The van der Waals surface area contributed by atoms with Crippen molar-refractivity contribution in [3.63, 3.8) is 0 Å². The Labute approximate surface area is 189 Å². The molecule has 0 unspecified atom stereocenters. The Morgan fingerprint density at radius 3 is 2.62 bits per heavy atom. The van der Waals surface area contributed by atoms with Crippen molar-refractivity contribution < 1.29 is 23.8 Å². The van der Waals surface area contributed by atoms with Crippen LogP contribution in [0, 0.1) is 5.92 Å². The zero-order valence-electron chi connectivity index (χ0n) is 18.0. The average Bonchev–Trinajstić information content (AvgIpc) is 3.45. The largest absolute Gasteiger partial charge is 0.497 e. The second-order valence-electron chi connectivity index (χ2n) is 7.17. The third-order valence-corrected chi connectivity index (χ3v) is 6.05. The maximum atomic E-state index is 12.9. The number of amides is 2. The molecular formula is C23H23N3O5S. The fourth-order valence-electron chi connectivity index (χ4n) is 3.65. The second-order valence-corrected chi connectivity index (χ2v) is 8.03. The summed E-state index contributed by atoms with van der Waals surface area (Å²) in [6.45, 7) is 0.285. The third-order valence-electron chi connectivity index (χ3n) is 5.29. The fourth-order valence-corrected chi connectivity index (χ4v) is 4.36. The van der Waals surface area contributed by atoms with E-state index in [-0.39, 0.29) is 24.8 Å². The van der Waals surface area contributed by atoms with Gasteiger partial charge in [0.05, 0.1) is 38.6 Å². The molecule has 2 aromatic carbocycles. The van der Waals surface area contributed by atoms with E-state index in [0.717, 1.165) is 5.56 Å². The molecule has 4 rings (SSSR count). The normalized spacial score (nSPS) is 15.5. The molecule has 1 aromatic heterocycles. The lowest BCUT2D eigenvalue weighted by atomic mass is 10.1. The molecule has 1 aliphatic rings. The van der Waals surface area contributed by atoms with Crippen LogP contribution in [0.2, 0.25) is 0 Å². The van der Waals surface area contributed by atoms with Crippen molar-refractivity contribution in [2.45, 2.75) is 6.42 Å². The summed E-state index contributed by atoms with van der Waals surface area (Å²) in [5.74, 6) is 1.10. The molecule has 0 aliphatic carbocycles. The Kier molecular flexibility index (Phi) is 6.27. The Morgan fingerprint density at radius 2 is 1.88 bits per heavy atom. The van der Waals surface area contributed by atoms with Crippen molar-refractivity contribution in [1.29, 1.82) is 0 Å². The summed E-state index contributed by atoms with van der Waals surface area (Å²) in [6, 6.07) is 12.7. The van der Waals surface area contributed by atoms with E-state index in [9.17, 15) is 9.59 Å². The Bertz CT molecular complexity index is 1150. The maximum Gasteiger partial charge on any atom is 0.231 e. The number of para-hydroxylation sites is 2. The van der Waals surface area contributed by atoms with Gasteiger partial charge in [0, 0.05) is 23.9 Å². The average molecular weight is 454 g/mol. The van der Waals surface area contributed by atoms with Gasteiger partial charge in [0.15, 0.2) is 5.13 Å². The highest BCUT2D eigenvalue weighted by Gasteiger charge is 2.36. The summed E-state index contributed by atoms with van der Waals surface area (Å²) < 4.78 is 16.1. The molecule has 1 aliphatic heterocycles. The van der Waals surface area contributed by atoms with E-state index < -0.39 is 5.92 Å². The number of aromatic nitrogens is 1. The molecule has 9 heteroatoms. The van der Waals surface area contributed by atoms with Crippen LogP contribution in [0.3, 0.4) is 0 Å². The van der Waals surface area contributed by atoms with Crippen LogP contribution in [0.25, 0.3) is 11.3 Å². The first-order valence-electron chi connectivity index (χ1n) is 9.96. The SMILES string of the molecule is COc1ccc(OC)c(-c2csc(NC(=O)[C@H]3CC(=O)N(c4ccccc4OC)C3)n2)c1. The van der Waals surface area contributed by atoms with Crippen LogP contribution in [-0.4, -0.2) is 44.7 Å². The van der Waals surface area contributed by atoms with E-state index in [2.05, 4.69) is 10.3 Å². The van der Waals surface area contributed by atoms with Gasteiger partial charge in [-0.05, 0) is 30.3 Å². The standard InChI is InChI=1S/C23H23N3O5S/c1-29-15-8-9-19(30-2)16(11-15)17-13-32-23(24-17)25-22(28)14-10-21(27)26(12-14)18-6-4-5-7-20(18)31-3/h4-9,11,13-14H,10,12H2,1-3H3,(H,24,25,28)/t14-/m0/s1. The topological polar surface area (TPSA) is 90.0 Å². The van der Waals surface area contributed by atoms with Gasteiger partial charge in [-0.25, -0.2) is 4.98 Å². The maximum absolute atomic E-state index is 12.9. The molecule has 2 amide bonds. The smallest absolute Gasteiger partial charge is 0.231 e. The summed E-state index contributed by atoms with van der Waals surface area (Å²) in [4.78, 5) is 31.6.